The Labute approximate surface area is 136 Å². The molecule has 0 fully saturated rings. The lowest BCUT2D eigenvalue weighted by atomic mass is 9.98. The predicted molar refractivity (Wildman–Crippen MR) is 93.5 cm³/mol. The van der Waals surface area contributed by atoms with Gasteiger partial charge in [-0.1, -0.05) is 91.0 Å². The molecule has 0 saturated carbocycles. The molecule has 0 radical (unpaired) electrons. The zero-order valence-electron chi connectivity index (χ0n) is 12.9. The molecule has 0 saturated heterocycles. The molecule has 0 aliphatic heterocycles. The van der Waals surface area contributed by atoms with Gasteiger partial charge in [0.25, 0.3) is 0 Å². The van der Waals surface area contributed by atoms with Gasteiger partial charge in [0.15, 0.2) is 5.78 Å². The van der Waals surface area contributed by atoms with E-state index in [2.05, 4.69) is 29.6 Å². The van der Waals surface area contributed by atoms with Gasteiger partial charge in [-0.3, -0.25) is 10.1 Å². The standard InChI is InChI=1S/C21H19NO/c23-20(17-10-4-1-5-11-17)16-22-21(18-12-6-2-7-13-18)19-14-8-3-9-15-19/h1-15,21-22H,16H2. The summed E-state index contributed by atoms with van der Waals surface area (Å²) >= 11 is 0. The molecule has 0 aliphatic rings. The van der Waals surface area contributed by atoms with Crippen molar-refractivity contribution in [3.63, 3.8) is 0 Å². The van der Waals surface area contributed by atoms with E-state index >= 15 is 0 Å². The third-order valence-electron chi connectivity index (χ3n) is 3.83. The van der Waals surface area contributed by atoms with Crippen molar-refractivity contribution in [3.05, 3.63) is 108 Å². The van der Waals surface area contributed by atoms with E-state index in [0.717, 1.165) is 16.7 Å². The highest BCUT2D eigenvalue weighted by Gasteiger charge is 2.15. The highest BCUT2D eigenvalue weighted by molar-refractivity contribution is 5.97. The minimum Gasteiger partial charge on any atom is -0.299 e. The summed E-state index contributed by atoms with van der Waals surface area (Å²) in [5.41, 5.74) is 3.04. The van der Waals surface area contributed by atoms with E-state index in [-0.39, 0.29) is 11.8 Å². The van der Waals surface area contributed by atoms with Crippen LogP contribution in [-0.2, 0) is 0 Å². The molecule has 0 aliphatic carbocycles. The number of rotatable bonds is 6. The number of nitrogens with one attached hydrogen (secondary N) is 1. The molecular formula is C21H19NO. The molecule has 3 aromatic carbocycles. The van der Waals surface area contributed by atoms with Crippen molar-refractivity contribution in [2.45, 2.75) is 6.04 Å². The molecule has 0 heterocycles. The first-order valence-corrected chi connectivity index (χ1v) is 7.76. The summed E-state index contributed by atoms with van der Waals surface area (Å²) in [6.07, 6.45) is 0. The summed E-state index contributed by atoms with van der Waals surface area (Å²) in [5, 5.41) is 3.40. The molecule has 0 spiro atoms. The Morgan fingerprint density at radius 2 is 1.13 bits per heavy atom. The van der Waals surface area contributed by atoms with Crippen molar-refractivity contribution in [1.82, 2.24) is 5.32 Å². The Hall–Kier alpha value is -2.71. The maximum Gasteiger partial charge on any atom is 0.176 e. The fourth-order valence-electron chi connectivity index (χ4n) is 2.64. The summed E-state index contributed by atoms with van der Waals surface area (Å²) in [6, 6.07) is 29.8. The quantitative estimate of drug-likeness (QED) is 0.690. The van der Waals surface area contributed by atoms with Gasteiger partial charge in [-0.2, -0.15) is 0 Å². The van der Waals surface area contributed by atoms with E-state index in [1.54, 1.807) is 0 Å². The smallest absolute Gasteiger partial charge is 0.176 e. The summed E-state index contributed by atoms with van der Waals surface area (Å²) in [6.45, 7) is 0.304. The molecule has 1 N–H and O–H groups in total. The van der Waals surface area contributed by atoms with E-state index in [1.165, 1.54) is 0 Å². The minimum atomic E-state index is 0.00469. The molecule has 0 unspecified atom stereocenters. The Morgan fingerprint density at radius 3 is 1.61 bits per heavy atom. The third kappa shape index (κ3) is 3.93. The average molecular weight is 301 g/mol. The second kappa shape index (κ2) is 7.52. The second-order valence-corrected chi connectivity index (χ2v) is 5.42. The molecular weight excluding hydrogens is 282 g/mol. The van der Waals surface area contributed by atoms with Gasteiger partial charge in [0, 0.05) is 5.56 Å². The number of carbonyl (C=O) groups is 1. The maximum absolute atomic E-state index is 12.3. The zero-order valence-corrected chi connectivity index (χ0v) is 12.9. The molecule has 0 amide bonds. The highest BCUT2D eigenvalue weighted by Crippen LogP contribution is 2.21. The van der Waals surface area contributed by atoms with Crippen molar-refractivity contribution < 1.29 is 4.79 Å². The van der Waals surface area contributed by atoms with Crippen LogP contribution in [0.3, 0.4) is 0 Å². The number of carbonyl (C=O) groups excluding carboxylic acids is 1. The van der Waals surface area contributed by atoms with Gasteiger partial charge < -0.3 is 0 Å². The van der Waals surface area contributed by atoms with E-state index in [4.69, 9.17) is 0 Å². The predicted octanol–water partition coefficient (Wildman–Crippen LogP) is 4.25. The summed E-state index contributed by atoms with van der Waals surface area (Å²) < 4.78 is 0. The van der Waals surface area contributed by atoms with E-state index in [1.807, 2.05) is 66.7 Å². The van der Waals surface area contributed by atoms with Crippen LogP contribution < -0.4 is 5.32 Å². The van der Waals surface area contributed by atoms with Crippen molar-refractivity contribution in [2.75, 3.05) is 6.54 Å². The van der Waals surface area contributed by atoms with Crippen LogP contribution in [0.25, 0.3) is 0 Å². The van der Waals surface area contributed by atoms with Crippen LogP contribution in [0, 0.1) is 0 Å². The van der Waals surface area contributed by atoms with Crippen molar-refractivity contribution >= 4 is 5.78 Å². The Kier molecular flexibility index (Phi) is 4.97. The minimum absolute atomic E-state index is 0.00469. The first-order valence-electron chi connectivity index (χ1n) is 7.76. The SMILES string of the molecule is O=C(CNC(c1ccccc1)c1ccccc1)c1ccccc1. The summed E-state index contributed by atoms with van der Waals surface area (Å²) in [7, 11) is 0. The average Bonchev–Trinajstić information content (AvgIpc) is 2.64. The van der Waals surface area contributed by atoms with Gasteiger partial charge >= 0.3 is 0 Å². The van der Waals surface area contributed by atoms with Gasteiger partial charge in [0.2, 0.25) is 0 Å². The third-order valence-corrected chi connectivity index (χ3v) is 3.83. The highest BCUT2D eigenvalue weighted by atomic mass is 16.1. The molecule has 3 rings (SSSR count). The fraction of sp³-hybridized carbons (Fsp3) is 0.0952. The molecule has 0 atom stereocenters. The fourth-order valence-corrected chi connectivity index (χ4v) is 2.64. The van der Waals surface area contributed by atoms with Gasteiger partial charge in [-0.15, -0.1) is 0 Å². The van der Waals surface area contributed by atoms with Gasteiger partial charge in [0.1, 0.15) is 0 Å². The Morgan fingerprint density at radius 1 is 0.696 bits per heavy atom. The lowest BCUT2D eigenvalue weighted by Crippen LogP contribution is -2.28. The molecule has 114 valence electrons. The van der Waals surface area contributed by atoms with Crippen LogP contribution in [0.4, 0.5) is 0 Å². The normalized spacial score (nSPS) is 10.7. The Bertz CT molecular complexity index is 699. The number of hydrogen-bond acceptors (Lipinski definition) is 2. The van der Waals surface area contributed by atoms with E-state index < -0.39 is 0 Å². The van der Waals surface area contributed by atoms with Crippen LogP contribution in [-0.4, -0.2) is 12.3 Å². The molecule has 2 nitrogen and oxygen atoms in total. The number of hydrogen-bond donors (Lipinski definition) is 1. The molecule has 2 heteroatoms. The molecule has 0 bridgehead atoms. The first-order chi connectivity index (χ1) is 11.3. The Balaban J connectivity index is 1.79. The summed E-state index contributed by atoms with van der Waals surface area (Å²) in [4.78, 5) is 12.3. The maximum atomic E-state index is 12.3. The van der Waals surface area contributed by atoms with Crippen molar-refractivity contribution in [1.29, 1.82) is 0 Å². The largest absolute Gasteiger partial charge is 0.299 e. The van der Waals surface area contributed by atoms with Gasteiger partial charge in [-0.05, 0) is 11.1 Å². The second-order valence-electron chi connectivity index (χ2n) is 5.42. The molecule has 23 heavy (non-hydrogen) atoms. The van der Waals surface area contributed by atoms with Crippen LogP contribution >= 0.6 is 0 Å². The lowest BCUT2D eigenvalue weighted by molar-refractivity contribution is 0.0989. The topological polar surface area (TPSA) is 29.1 Å². The lowest BCUT2D eigenvalue weighted by Gasteiger charge is -2.19. The van der Waals surface area contributed by atoms with Crippen LogP contribution in [0.1, 0.15) is 27.5 Å². The van der Waals surface area contributed by atoms with Crippen molar-refractivity contribution in [2.24, 2.45) is 0 Å². The molecule has 0 aromatic heterocycles. The van der Waals surface area contributed by atoms with Crippen LogP contribution in [0.15, 0.2) is 91.0 Å². The number of Topliss-reactive ketones (excluding diaryl/α,β-unsaturated/α-hetero) is 1. The monoisotopic (exact) mass is 301 g/mol. The summed E-state index contributed by atoms with van der Waals surface area (Å²) in [5.74, 6) is 0.0995. The number of ketones is 1. The van der Waals surface area contributed by atoms with Crippen molar-refractivity contribution in [3.8, 4) is 0 Å². The molecule has 3 aromatic rings. The van der Waals surface area contributed by atoms with E-state index in [9.17, 15) is 4.79 Å². The van der Waals surface area contributed by atoms with Gasteiger partial charge in [-0.25, -0.2) is 0 Å². The van der Waals surface area contributed by atoms with E-state index in [0.29, 0.717) is 6.54 Å². The van der Waals surface area contributed by atoms with Gasteiger partial charge in [0.05, 0.1) is 12.6 Å². The zero-order chi connectivity index (χ0) is 15.9. The van der Waals surface area contributed by atoms with Crippen LogP contribution in [0.5, 0.6) is 0 Å². The number of benzene rings is 3. The van der Waals surface area contributed by atoms with Crippen LogP contribution in [0.2, 0.25) is 0 Å². The first kappa shape index (κ1) is 15.2.